The van der Waals surface area contributed by atoms with Crippen molar-refractivity contribution in [2.75, 3.05) is 6.54 Å². The average Bonchev–Trinajstić information content (AvgIpc) is 2.61. The van der Waals surface area contributed by atoms with Gasteiger partial charge >= 0.3 is 0 Å². The minimum atomic E-state index is -3.79. The molecule has 1 atom stereocenters. The van der Waals surface area contributed by atoms with Gasteiger partial charge in [0, 0.05) is 12.6 Å². The Labute approximate surface area is 162 Å². The standard InChI is InChI=1S/C21H28N2O3S/c1-5-18(4)22-21(24)15-23(14-19-8-6-7-17(3)13-19)27(25,26)20-11-9-16(2)10-12-20/h6-13,18H,5,14-15H2,1-4H3,(H,22,24)/t18-/m0/s1. The number of carbonyl (C=O) groups is 1. The van der Waals surface area contributed by atoms with Crippen LogP contribution in [0.3, 0.4) is 0 Å². The van der Waals surface area contributed by atoms with Crippen LogP contribution in [0.5, 0.6) is 0 Å². The number of nitrogens with one attached hydrogen (secondary N) is 1. The van der Waals surface area contributed by atoms with Crippen molar-refractivity contribution in [3.8, 4) is 0 Å². The molecule has 2 aromatic rings. The van der Waals surface area contributed by atoms with Gasteiger partial charge in [-0.15, -0.1) is 0 Å². The monoisotopic (exact) mass is 388 g/mol. The number of hydrogen-bond acceptors (Lipinski definition) is 3. The van der Waals surface area contributed by atoms with E-state index >= 15 is 0 Å². The number of nitrogens with zero attached hydrogens (tertiary/aromatic N) is 1. The fourth-order valence-electron chi connectivity index (χ4n) is 2.68. The lowest BCUT2D eigenvalue weighted by Gasteiger charge is -2.23. The van der Waals surface area contributed by atoms with Gasteiger partial charge in [0.1, 0.15) is 0 Å². The first-order valence-corrected chi connectivity index (χ1v) is 10.6. The highest BCUT2D eigenvalue weighted by atomic mass is 32.2. The van der Waals surface area contributed by atoms with Crippen molar-refractivity contribution in [1.82, 2.24) is 9.62 Å². The second kappa shape index (κ2) is 9.15. The van der Waals surface area contributed by atoms with Crippen LogP contribution in [0.25, 0.3) is 0 Å². The topological polar surface area (TPSA) is 66.5 Å². The maximum absolute atomic E-state index is 13.2. The summed E-state index contributed by atoms with van der Waals surface area (Å²) in [6.07, 6.45) is 0.786. The van der Waals surface area contributed by atoms with Gasteiger partial charge in [0.15, 0.2) is 0 Å². The average molecular weight is 389 g/mol. The van der Waals surface area contributed by atoms with E-state index in [1.807, 2.05) is 52.0 Å². The first-order valence-electron chi connectivity index (χ1n) is 9.14. The Morgan fingerprint density at radius 1 is 1.07 bits per heavy atom. The van der Waals surface area contributed by atoms with E-state index < -0.39 is 10.0 Å². The highest BCUT2D eigenvalue weighted by Crippen LogP contribution is 2.19. The molecule has 2 rings (SSSR count). The summed E-state index contributed by atoms with van der Waals surface area (Å²) in [5, 5.41) is 2.84. The van der Waals surface area contributed by atoms with Crippen LogP contribution in [-0.4, -0.2) is 31.2 Å². The molecule has 0 aliphatic rings. The van der Waals surface area contributed by atoms with Gasteiger partial charge in [-0.25, -0.2) is 8.42 Å². The molecule has 146 valence electrons. The van der Waals surface area contributed by atoms with Gasteiger partial charge in [0.25, 0.3) is 0 Å². The smallest absolute Gasteiger partial charge is 0.243 e. The van der Waals surface area contributed by atoms with E-state index in [-0.39, 0.29) is 29.9 Å². The largest absolute Gasteiger partial charge is 0.353 e. The van der Waals surface area contributed by atoms with Crippen LogP contribution in [0.15, 0.2) is 53.4 Å². The summed E-state index contributed by atoms with van der Waals surface area (Å²) >= 11 is 0. The summed E-state index contributed by atoms with van der Waals surface area (Å²) in [6, 6.07) is 14.3. The number of rotatable bonds is 8. The minimum absolute atomic E-state index is 0.000369. The maximum Gasteiger partial charge on any atom is 0.243 e. The number of sulfonamides is 1. The fourth-order valence-corrected chi connectivity index (χ4v) is 4.07. The number of carbonyl (C=O) groups excluding carboxylic acids is 1. The highest BCUT2D eigenvalue weighted by Gasteiger charge is 2.27. The van der Waals surface area contributed by atoms with Crippen LogP contribution in [0.1, 0.15) is 37.0 Å². The van der Waals surface area contributed by atoms with Crippen LogP contribution in [-0.2, 0) is 21.4 Å². The molecule has 0 saturated heterocycles. The third-order valence-corrected chi connectivity index (χ3v) is 6.25. The van der Waals surface area contributed by atoms with Crippen molar-refractivity contribution in [3.05, 3.63) is 65.2 Å². The first kappa shape index (κ1) is 21.1. The molecule has 0 spiro atoms. The van der Waals surface area contributed by atoms with E-state index in [2.05, 4.69) is 5.32 Å². The van der Waals surface area contributed by atoms with Gasteiger partial charge in [-0.05, 0) is 44.9 Å². The van der Waals surface area contributed by atoms with Crippen molar-refractivity contribution >= 4 is 15.9 Å². The molecule has 0 aliphatic heterocycles. The molecule has 1 amide bonds. The van der Waals surface area contributed by atoms with Crippen molar-refractivity contribution in [1.29, 1.82) is 0 Å². The molecule has 2 aromatic carbocycles. The van der Waals surface area contributed by atoms with E-state index in [0.29, 0.717) is 0 Å². The molecule has 0 aromatic heterocycles. The zero-order chi connectivity index (χ0) is 20.0. The molecular weight excluding hydrogens is 360 g/mol. The minimum Gasteiger partial charge on any atom is -0.353 e. The summed E-state index contributed by atoms with van der Waals surface area (Å²) < 4.78 is 27.6. The number of amides is 1. The molecule has 0 heterocycles. The second-order valence-electron chi connectivity index (χ2n) is 6.95. The molecule has 0 aliphatic carbocycles. The van der Waals surface area contributed by atoms with Gasteiger partial charge in [-0.1, -0.05) is 54.4 Å². The Morgan fingerprint density at radius 2 is 1.74 bits per heavy atom. The number of hydrogen-bond donors (Lipinski definition) is 1. The lowest BCUT2D eigenvalue weighted by Crippen LogP contribution is -2.43. The molecule has 0 radical (unpaired) electrons. The zero-order valence-electron chi connectivity index (χ0n) is 16.4. The molecular formula is C21H28N2O3S. The van der Waals surface area contributed by atoms with Gasteiger partial charge in [0.2, 0.25) is 15.9 Å². The molecule has 1 N–H and O–H groups in total. The lowest BCUT2D eigenvalue weighted by atomic mass is 10.1. The summed E-state index contributed by atoms with van der Waals surface area (Å²) in [7, 11) is -3.79. The van der Waals surface area contributed by atoms with E-state index in [1.165, 1.54) is 4.31 Å². The van der Waals surface area contributed by atoms with Crippen LogP contribution in [0.4, 0.5) is 0 Å². The van der Waals surface area contributed by atoms with Crippen molar-refractivity contribution in [2.24, 2.45) is 0 Å². The van der Waals surface area contributed by atoms with Crippen LogP contribution in [0, 0.1) is 13.8 Å². The van der Waals surface area contributed by atoms with E-state index in [4.69, 9.17) is 0 Å². The van der Waals surface area contributed by atoms with E-state index in [9.17, 15) is 13.2 Å². The summed E-state index contributed by atoms with van der Waals surface area (Å²) in [5.74, 6) is -0.298. The van der Waals surface area contributed by atoms with Crippen molar-refractivity contribution in [2.45, 2.75) is 51.6 Å². The molecule has 0 bridgehead atoms. The summed E-state index contributed by atoms with van der Waals surface area (Å²) in [5.41, 5.74) is 2.87. The second-order valence-corrected chi connectivity index (χ2v) is 8.89. The predicted molar refractivity (Wildman–Crippen MR) is 108 cm³/mol. The Morgan fingerprint density at radius 3 is 2.33 bits per heavy atom. The summed E-state index contributed by atoms with van der Waals surface area (Å²) in [4.78, 5) is 12.6. The van der Waals surface area contributed by atoms with Gasteiger partial charge in [0.05, 0.1) is 11.4 Å². The number of aryl methyl sites for hydroxylation is 2. The SMILES string of the molecule is CC[C@H](C)NC(=O)CN(Cc1cccc(C)c1)S(=O)(=O)c1ccc(C)cc1. The quantitative estimate of drug-likeness (QED) is 0.754. The Balaban J connectivity index is 2.32. The molecule has 0 unspecified atom stereocenters. The predicted octanol–water partition coefficient (Wildman–Crippen LogP) is 3.41. The zero-order valence-corrected chi connectivity index (χ0v) is 17.2. The Hall–Kier alpha value is -2.18. The molecule has 27 heavy (non-hydrogen) atoms. The van der Waals surface area contributed by atoms with Crippen LogP contribution < -0.4 is 5.32 Å². The molecule has 0 fully saturated rings. The Kier molecular flexibility index (Phi) is 7.16. The van der Waals surface area contributed by atoms with E-state index in [0.717, 1.165) is 23.1 Å². The highest BCUT2D eigenvalue weighted by molar-refractivity contribution is 7.89. The third kappa shape index (κ3) is 5.91. The van der Waals surface area contributed by atoms with Crippen LogP contribution >= 0.6 is 0 Å². The van der Waals surface area contributed by atoms with Gasteiger partial charge < -0.3 is 5.32 Å². The Bertz CT molecular complexity index is 877. The third-order valence-electron chi connectivity index (χ3n) is 4.44. The first-order chi connectivity index (χ1) is 12.7. The fraction of sp³-hybridized carbons (Fsp3) is 0.381. The molecule has 6 heteroatoms. The lowest BCUT2D eigenvalue weighted by molar-refractivity contribution is -0.122. The van der Waals surface area contributed by atoms with Crippen molar-refractivity contribution < 1.29 is 13.2 Å². The van der Waals surface area contributed by atoms with Gasteiger partial charge in [-0.3, -0.25) is 4.79 Å². The van der Waals surface area contributed by atoms with Gasteiger partial charge in [-0.2, -0.15) is 4.31 Å². The molecule has 5 nitrogen and oxygen atoms in total. The normalized spacial score (nSPS) is 12.8. The van der Waals surface area contributed by atoms with E-state index in [1.54, 1.807) is 24.3 Å². The van der Waals surface area contributed by atoms with Crippen LogP contribution in [0.2, 0.25) is 0 Å². The van der Waals surface area contributed by atoms with Crippen molar-refractivity contribution in [3.63, 3.8) is 0 Å². The summed E-state index contributed by atoms with van der Waals surface area (Å²) in [6.45, 7) is 7.66. The molecule has 0 saturated carbocycles. The number of benzene rings is 2. The maximum atomic E-state index is 13.2.